The highest BCUT2D eigenvalue weighted by atomic mass is 19.1. The predicted octanol–water partition coefficient (Wildman–Crippen LogP) is 5.92. The van der Waals surface area contributed by atoms with Gasteiger partial charge in [0.15, 0.2) is 0 Å². The molecule has 2 aliphatic carbocycles. The molecule has 0 radical (unpaired) electrons. The molecule has 0 saturated heterocycles. The van der Waals surface area contributed by atoms with Crippen molar-refractivity contribution in [2.24, 2.45) is 29.6 Å². The van der Waals surface area contributed by atoms with Gasteiger partial charge in [0.2, 0.25) is 0 Å². The van der Waals surface area contributed by atoms with E-state index in [4.69, 9.17) is 0 Å². The van der Waals surface area contributed by atoms with E-state index in [1.165, 1.54) is 44.9 Å². The van der Waals surface area contributed by atoms with Gasteiger partial charge in [0.25, 0.3) is 0 Å². The highest BCUT2D eigenvalue weighted by molar-refractivity contribution is 4.82. The molecule has 2 fully saturated rings. The molecule has 2 heteroatoms. The molecule has 20 heavy (non-hydrogen) atoms. The maximum Gasteiger partial charge on any atom is 0.0785 e. The van der Waals surface area contributed by atoms with Crippen molar-refractivity contribution in [3.63, 3.8) is 0 Å². The molecule has 0 bridgehead atoms. The van der Waals surface area contributed by atoms with Gasteiger partial charge < -0.3 is 5.48 Å². The van der Waals surface area contributed by atoms with E-state index in [0.717, 1.165) is 29.6 Å². The lowest BCUT2D eigenvalue weighted by Gasteiger charge is -2.39. The molecular weight excluding hydrogens is 251 g/mol. The lowest BCUT2D eigenvalue weighted by Crippen LogP contribution is -2.28. The summed E-state index contributed by atoms with van der Waals surface area (Å²) in [5.41, 5.74) is 0. The molecule has 3 unspecified atom stereocenters. The van der Waals surface area contributed by atoms with Gasteiger partial charge in [-0.2, -0.15) is 0 Å². The van der Waals surface area contributed by atoms with Gasteiger partial charge in [0.1, 0.15) is 0 Å². The van der Waals surface area contributed by atoms with Crippen molar-refractivity contribution in [1.82, 2.24) is 0 Å². The maximum absolute atomic E-state index is 9.50. The van der Waals surface area contributed by atoms with Crippen LogP contribution in [0.25, 0.3) is 0 Å². The van der Waals surface area contributed by atoms with Crippen LogP contribution in [0.2, 0.25) is 0 Å². The zero-order valence-corrected chi connectivity index (χ0v) is 14.7. The normalized spacial score (nSPS) is 36.5. The number of hydrogen-bond acceptors (Lipinski definition) is 0. The number of hydrogen-bond donors (Lipinski definition) is 0. The van der Waals surface area contributed by atoms with Gasteiger partial charge in [0, 0.05) is 1.43 Å². The van der Waals surface area contributed by atoms with E-state index < -0.39 is 0 Å². The van der Waals surface area contributed by atoms with Gasteiger partial charge in [-0.3, -0.25) is 4.39 Å². The van der Waals surface area contributed by atoms with E-state index in [-0.39, 0.29) is 6.90 Å². The molecule has 2 N–H and O–H groups in total. The summed E-state index contributed by atoms with van der Waals surface area (Å²) in [6.07, 6.45) is 10.6. The van der Waals surface area contributed by atoms with Crippen LogP contribution in [0.1, 0.15) is 81.0 Å². The first-order valence-electron chi connectivity index (χ1n) is 8.54. The molecule has 0 amide bonds. The van der Waals surface area contributed by atoms with Gasteiger partial charge >= 0.3 is 0 Å². The van der Waals surface area contributed by atoms with Gasteiger partial charge in [-0.1, -0.05) is 53.9 Å². The Morgan fingerprint density at radius 3 is 1.60 bits per heavy atom. The highest BCUT2D eigenvalue weighted by Crippen LogP contribution is 2.43. The van der Waals surface area contributed by atoms with Crippen molar-refractivity contribution in [3.05, 3.63) is 0 Å². The molecule has 0 aromatic rings. The Kier molecular flexibility index (Phi) is 14.0. The van der Waals surface area contributed by atoms with Crippen molar-refractivity contribution in [3.8, 4) is 0 Å². The molecule has 126 valence electrons. The minimum Gasteiger partial charge on any atom is -0.412 e. The number of rotatable bonds is 1. The van der Waals surface area contributed by atoms with E-state index in [2.05, 4.69) is 20.8 Å². The van der Waals surface area contributed by atoms with Crippen LogP contribution in [-0.2, 0) is 0 Å². The molecule has 0 aliphatic heterocycles. The van der Waals surface area contributed by atoms with Crippen LogP contribution in [0.5, 0.6) is 0 Å². The average molecular weight is 293 g/mol. The Morgan fingerprint density at radius 2 is 1.15 bits per heavy atom. The summed E-state index contributed by atoms with van der Waals surface area (Å²) in [5, 5.41) is 0. The first-order chi connectivity index (χ1) is 9.16. The second-order valence-corrected chi connectivity index (χ2v) is 6.55. The van der Waals surface area contributed by atoms with E-state index in [1.807, 2.05) is 13.8 Å². The van der Waals surface area contributed by atoms with E-state index in [0.29, 0.717) is 7.18 Å². The summed E-state index contributed by atoms with van der Waals surface area (Å²) in [4.78, 5) is 0. The van der Waals surface area contributed by atoms with Crippen LogP contribution in [0.4, 0.5) is 4.39 Å². The summed E-state index contributed by atoms with van der Waals surface area (Å²) in [5.74, 6) is 5.17. The molecule has 0 aromatic carbocycles. The number of halogens is 1. The van der Waals surface area contributed by atoms with Crippen LogP contribution in [0, 0.1) is 29.6 Å². The fraction of sp³-hybridized carbons (Fsp3) is 1.00. The highest BCUT2D eigenvalue weighted by Gasteiger charge is 2.31. The first-order valence-corrected chi connectivity index (χ1v) is 8.54. The minimum absolute atomic E-state index is 0. The lowest BCUT2D eigenvalue weighted by molar-refractivity contribution is 0.120. The third-order valence-corrected chi connectivity index (χ3v) is 5.37. The topological polar surface area (TPSA) is 31.5 Å². The fourth-order valence-electron chi connectivity index (χ4n) is 3.77. The largest absolute Gasteiger partial charge is 0.412 e. The Bertz CT molecular complexity index is 205. The van der Waals surface area contributed by atoms with Crippen LogP contribution >= 0.6 is 0 Å². The van der Waals surface area contributed by atoms with E-state index in [1.54, 1.807) is 0 Å². The molecule has 1 nitrogen and oxygen atoms in total. The van der Waals surface area contributed by atoms with Gasteiger partial charge in [-0.15, -0.1) is 0 Å². The lowest BCUT2D eigenvalue weighted by atomic mass is 9.67. The molecule has 2 rings (SSSR count). The van der Waals surface area contributed by atoms with E-state index >= 15 is 0 Å². The minimum atomic E-state index is 0. The van der Waals surface area contributed by atoms with Crippen molar-refractivity contribution in [2.45, 2.75) is 79.6 Å². The second kappa shape index (κ2) is 12.6. The molecule has 0 heterocycles. The van der Waals surface area contributed by atoms with Gasteiger partial charge in [-0.25, -0.2) is 0 Å². The summed E-state index contributed by atoms with van der Waals surface area (Å²) in [7, 11) is 0.500. The third kappa shape index (κ3) is 7.06. The fourth-order valence-corrected chi connectivity index (χ4v) is 3.77. The zero-order chi connectivity index (χ0) is 14.8. The Balaban J connectivity index is -0.000000499. The van der Waals surface area contributed by atoms with Crippen LogP contribution in [0.3, 0.4) is 0 Å². The Morgan fingerprint density at radius 1 is 0.700 bits per heavy atom. The monoisotopic (exact) mass is 292 g/mol. The van der Waals surface area contributed by atoms with Crippen LogP contribution in [0.15, 0.2) is 0 Å². The number of alkyl halides is 1. The van der Waals surface area contributed by atoms with Crippen molar-refractivity contribution in [2.75, 3.05) is 7.18 Å². The molecule has 2 aliphatic rings. The smallest absolute Gasteiger partial charge is 0.0785 e. The molecule has 3 atom stereocenters. The Labute approximate surface area is 128 Å². The predicted molar refractivity (Wildman–Crippen MR) is 90.9 cm³/mol. The van der Waals surface area contributed by atoms with Crippen molar-refractivity contribution >= 4 is 0 Å². The van der Waals surface area contributed by atoms with Gasteiger partial charge in [-0.05, 0) is 55.3 Å². The SMILES string of the molecule is CC.CC1CCC(C2CCC(C)C(C)C2)CC1.CF.O.[HH]. The molecule has 2 saturated carbocycles. The molecule has 0 aromatic heterocycles. The van der Waals surface area contributed by atoms with E-state index in [9.17, 15) is 4.39 Å². The van der Waals surface area contributed by atoms with Crippen molar-refractivity contribution in [1.29, 1.82) is 0 Å². The summed E-state index contributed by atoms with van der Waals surface area (Å²) >= 11 is 0. The Hall–Kier alpha value is -0.110. The van der Waals surface area contributed by atoms with Crippen LogP contribution in [-0.4, -0.2) is 12.7 Å². The third-order valence-electron chi connectivity index (χ3n) is 5.37. The van der Waals surface area contributed by atoms with Crippen LogP contribution < -0.4 is 0 Å². The summed E-state index contributed by atoms with van der Waals surface area (Å²) in [6, 6.07) is 0. The standard InChI is InChI=1S/C15H28.C2H6.CH3F.H2O.H2/c1-11-4-7-14(8-5-11)15-9-6-12(2)13(3)10-15;2*1-2;;/h11-15H,4-10H2,1-3H3;1-2H3;1H3;1H2;1H. The summed E-state index contributed by atoms with van der Waals surface area (Å²) < 4.78 is 9.50. The van der Waals surface area contributed by atoms with Gasteiger partial charge in [0.05, 0.1) is 7.18 Å². The summed E-state index contributed by atoms with van der Waals surface area (Å²) in [6.45, 7) is 11.4. The quantitative estimate of drug-likeness (QED) is 0.574. The first kappa shape index (κ1) is 22.2. The maximum atomic E-state index is 9.50. The molecular formula is C18H41FO. The van der Waals surface area contributed by atoms with Crippen molar-refractivity contribution < 1.29 is 11.3 Å². The molecule has 0 spiro atoms. The second-order valence-electron chi connectivity index (χ2n) is 6.55. The zero-order valence-electron chi connectivity index (χ0n) is 14.7. The average Bonchev–Trinajstić information content (AvgIpc) is 2.47.